The van der Waals surface area contributed by atoms with Crippen molar-refractivity contribution in [2.45, 2.75) is 13.8 Å². The summed E-state index contributed by atoms with van der Waals surface area (Å²) >= 11 is 0. The number of anilines is 1. The molecular formula is C14H16N2O7. The van der Waals surface area contributed by atoms with Gasteiger partial charge in [-0.1, -0.05) is 0 Å². The number of amides is 1. The van der Waals surface area contributed by atoms with Crippen molar-refractivity contribution >= 4 is 29.2 Å². The summed E-state index contributed by atoms with van der Waals surface area (Å²) in [5.74, 6) is -3.36. The SMILES string of the molecule is CCOC(=O)C(C)C(=O)Nc1ccc(C(=O)OC)cc1[N+](=O)[O-]. The number of ether oxygens (including phenoxy) is 2. The Bertz CT molecular complexity index is 642. The van der Waals surface area contributed by atoms with Crippen molar-refractivity contribution in [1.29, 1.82) is 0 Å². The van der Waals surface area contributed by atoms with Crippen LogP contribution in [0.4, 0.5) is 11.4 Å². The highest BCUT2D eigenvalue weighted by atomic mass is 16.6. The van der Waals surface area contributed by atoms with Gasteiger partial charge in [-0.15, -0.1) is 0 Å². The van der Waals surface area contributed by atoms with Crippen LogP contribution in [0.3, 0.4) is 0 Å². The second-order valence-corrected chi connectivity index (χ2v) is 4.44. The quantitative estimate of drug-likeness (QED) is 0.364. The van der Waals surface area contributed by atoms with Crippen molar-refractivity contribution in [2.75, 3.05) is 19.0 Å². The number of nitrogens with zero attached hydrogens (tertiary/aromatic N) is 1. The van der Waals surface area contributed by atoms with Crippen LogP contribution in [0, 0.1) is 16.0 Å². The van der Waals surface area contributed by atoms with E-state index < -0.39 is 34.4 Å². The van der Waals surface area contributed by atoms with Gasteiger partial charge in [0.2, 0.25) is 5.91 Å². The topological polar surface area (TPSA) is 125 Å². The minimum absolute atomic E-state index is 0.0318. The average Bonchev–Trinajstić information content (AvgIpc) is 2.53. The highest BCUT2D eigenvalue weighted by Crippen LogP contribution is 2.26. The molecule has 0 saturated heterocycles. The van der Waals surface area contributed by atoms with Crippen LogP contribution in [0.2, 0.25) is 0 Å². The van der Waals surface area contributed by atoms with Crippen LogP contribution in [-0.2, 0) is 19.1 Å². The van der Waals surface area contributed by atoms with E-state index in [0.717, 1.165) is 13.2 Å². The van der Waals surface area contributed by atoms with Crippen molar-refractivity contribution in [3.8, 4) is 0 Å². The fourth-order valence-electron chi connectivity index (χ4n) is 1.65. The molecule has 23 heavy (non-hydrogen) atoms. The molecule has 0 fully saturated rings. The van der Waals surface area contributed by atoms with E-state index in [-0.39, 0.29) is 17.9 Å². The number of carbonyl (C=O) groups excluding carboxylic acids is 3. The van der Waals surface area contributed by atoms with Gasteiger partial charge in [0, 0.05) is 6.07 Å². The Morgan fingerprint density at radius 2 is 2.00 bits per heavy atom. The van der Waals surface area contributed by atoms with Crippen molar-refractivity contribution in [1.82, 2.24) is 0 Å². The zero-order valence-corrected chi connectivity index (χ0v) is 12.8. The van der Waals surface area contributed by atoms with Gasteiger partial charge in [-0.25, -0.2) is 4.79 Å². The van der Waals surface area contributed by atoms with E-state index in [1.54, 1.807) is 6.92 Å². The third-order valence-corrected chi connectivity index (χ3v) is 2.91. The Hall–Kier alpha value is -2.97. The maximum atomic E-state index is 12.0. The molecule has 1 aromatic carbocycles. The lowest BCUT2D eigenvalue weighted by atomic mass is 10.1. The van der Waals surface area contributed by atoms with Crippen molar-refractivity contribution < 1.29 is 28.8 Å². The number of nitro benzene ring substituents is 1. The predicted octanol–water partition coefficient (Wildman–Crippen LogP) is 1.52. The van der Waals surface area contributed by atoms with Crippen molar-refractivity contribution in [3.05, 3.63) is 33.9 Å². The molecule has 0 aliphatic carbocycles. The Kier molecular flexibility index (Phi) is 6.19. The number of methoxy groups -OCH3 is 1. The largest absolute Gasteiger partial charge is 0.465 e. The molecule has 0 heterocycles. The van der Waals surface area contributed by atoms with E-state index in [2.05, 4.69) is 10.1 Å². The van der Waals surface area contributed by atoms with E-state index in [1.165, 1.54) is 19.1 Å². The number of carbonyl (C=O) groups is 3. The van der Waals surface area contributed by atoms with Crippen LogP contribution in [-0.4, -0.2) is 36.5 Å². The molecule has 0 saturated carbocycles. The molecule has 1 atom stereocenters. The lowest BCUT2D eigenvalue weighted by molar-refractivity contribution is -0.384. The zero-order chi connectivity index (χ0) is 17.6. The van der Waals surface area contributed by atoms with Gasteiger partial charge < -0.3 is 14.8 Å². The van der Waals surface area contributed by atoms with Crippen LogP contribution in [0.25, 0.3) is 0 Å². The third kappa shape index (κ3) is 4.50. The van der Waals surface area contributed by atoms with E-state index in [1.807, 2.05) is 0 Å². The van der Waals surface area contributed by atoms with Gasteiger partial charge in [0.1, 0.15) is 11.6 Å². The summed E-state index contributed by atoms with van der Waals surface area (Å²) in [6.07, 6.45) is 0. The molecule has 1 N–H and O–H groups in total. The van der Waals surface area contributed by atoms with Crippen LogP contribution in [0.15, 0.2) is 18.2 Å². The Balaban J connectivity index is 3.04. The lowest BCUT2D eigenvalue weighted by Crippen LogP contribution is -2.29. The molecular weight excluding hydrogens is 308 g/mol. The lowest BCUT2D eigenvalue weighted by Gasteiger charge is -2.11. The van der Waals surface area contributed by atoms with E-state index in [4.69, 9.17) is 4.74 Å². The Morgan fingerprint density at radius 3 is 2.52 bits per heavy atom. The first-order valence-electron chi connectivity index (χ1n) is 6.66. The summed E-state index contributed by atoms with van der Waals surface area (Å²) in [7, 11) is 1.14. The van der Waals surface area contributed by atoms with Gasteiger partial charge in [-0.2, -0.15) is 0 Å². The summed E-state index contributed by atoms with van der Waals surface area (Å²) in [6.45, 7) is 3.03. The van der Waals surface area contributed by atoms with Crippen molar-refractivity contribution in [2.24, 2.45) is 5.92 Å². The Labute approximate surface area is 131 Å². The second-order valence-electron chi connectivity index (χ2n) is 4.44. The highest BCUT2D eigenvalue weighted by molar-refractivity contribution is 6.05. The third-order valence-electron chi connectivity index (χ3n) is 2.91. The normalized spacial score (nSPS) is 11.3. The van der Waals surface area contributed by atoms with E-state index in [0.29, 0.717) is 0 Å². The number of rotatable bonds is 6. The number of nitro groups is 1. The zero-order valence-electron chi connectivity index (χ0n) is 12.8. The maximum Gasteiger partial charge on any atom is 0.338 e. The molecule has 1 unspecified atom stereocenters. The molecule has 1 aromatic rings. The summed E-state index contributed by atoms with van der Waals surface area (Å²) < 4.78 is 9.19. The standard InChI is InChI=1S/C14H16N2O7/c1-4-23-13(18)8(2)12(17)15-10-6-5-9(14(19)22-3)7-11(10)16(20)21/h5-8H,4H2,1-3H3,(H,15,17). The summed E-state index contributed by atoms with van der Waals surface area (Å²) in [5.41, 5.74) is -0.656. The molecule has 0 spiro atoms. The molecule has 0 bridgehead atoms. The smallest absolute Gasteiger partial charge is 0.338 e. The van der Waals surface area contributed by atoms with Gasteiger partial charge in [0.05, 0.1) is 24.2 Å². The summed E-state index contributed by atoms with van der Waals surface area (Å²) in [5, 5.41) is 13.4. The molecule has 0 aliphatic heterocycles. The summed E-state index contributed by atoms with van der Waals surface area (Å²) in [6, 6.07) is 3.44. The number of hydrogen-bond acceptors (Lipinski definition) is 7. The fourth-order valence-corrected chi connectivity index (χ4v) is 1.65. The van der Waals surface area contributed by atoms with Crippen LogP contribution >= 0.6 is 0 Å². The first-order chi connectivity index (χ1) is 10.8. The van der Waals surface area contributed by atoms with Gasteiger partial charge in [-0.3, -0.25) is 19.7 Å². The number of esters is 2. The fraction of sp³-hybridized carbons (Fsp3) is 0.357. The summed E-state index contributed by atoms with van der Waals surface area (Å²) in [4.78, 5) is 45.2. The van der Waals surface area contributed by atoms with Crippen LogP contribution < -0.4 is 5.32 Å². The molecule has 0 aliphatic rings. The molecule has 0 radical (unpaired) electrons. The second kappa shape index (κ2) is 7.87. The van der Waals surface area contributed by atoms with Gasteiger partial charge >= 0.3 is 11.9 Å². The molecule has 1 rings (SSSR count). The minimum Gasteiger partial charge on any atom is -0.465 e. The molecule has 124 valence electrons. The van der Waals surface area contributed by atoms with Crippen LogP contribution in [0.5, 0.6) is 0 Å². The van der Waals surface area contributed by atoms with Gasteiger partial charge in [0.15, 0.2) is 0 Å². The maximum absolute atomic E-state index is 12.0. The monoisotopic (exact) mass is 324 g/mol. The minimum atomic E-state index is -1.13. The Morgan fingerprint density at radius 1 is 1.35 bits per heavy atom. The van der Waals surface area contributed by atoms with Crippen LogP contribution in [0.1, 0.15) is 24.2 Å². The molecule has 1 amide bonds. The predicted molar refractivity (Wildman–Crippen MR) is 78.9 cm³/mol. The van der Waals surface area contributed by atoms with E-state index >= 15 is 0 Å². The highest BCUT2D eigenvalue weighted by Gasteiger charge is 2.26. The molecule has 9 heteroatoms. The van der Waals surface area contributed by atoms with Gasteiger partial charge in [0.25, 0.3) is 5.69 Å². The molecule has 0 aromatic heterocycles. The first kappa shape index (κ1) is 18.1. The number of hydrogen-bond donors (Lipinski definition) is 1. The molecule has 9 nitrogen and oxygen atoms in total. The average molecular weight is 324 g/mol. The first-order valence-corrected chi connectivity index (χ1v) is 6.66. The van der Waals surface area contributed by atoms with E-state index in [9.17, 15) is 24.5 Å². The number of benzene rings is 1. The number of nitrogens with one attached hydrogen (secondary N) is 1. The van der Waals surface area contributed by atoms with Gasteiger partial charge in [-0.05, 0) is 26.0 Å². The van der Waals surface area contributed by atoms with Crippen molar-refractivity contribution in [3.63, 3.8) is 0 Å².